The van der Waals surface area contributed by atoms with Crippen molar-refractivity contribution in [1.29, 1.82) is 0 Å². The summed E-state index contributed by atoms with van der Waals surface area (Å²) in [6.45, 7) is 0. The van der Waals surface area contributed by atoms with Gasteiger partial charge in [-0.1, -0.05) is 0 Å². The van der Waals surface area contributed by atoms with Crippen LogP contribution in [-0.2, 0) is 7.05 Å². The first-order valence-corrected chi connectivity index (χ1v) is 6.54. The number of hydrogen-bond donors (Lipinski definition) is 0. The zero-order valence-corrected chi connectivity index (χ0v) is 11.4. The molecule has 0 unspecified atom stereocenters. The largest absolute Gasteiger partial charge is 0.296 e. The number of rotatable bonds is 2. The van der Waals surface area contributed by atoms with E-state index in [0.717, 1.165) is 28.2 Å². The number of aromatic nitrogens is 6. The van der Waals surface area contributed by atoms with Gasteiger partial charge in [-0.15, -0.1) is 0 Å². The number of nitrogens with zero attached hydrogens (tertiary/aromatic N) is 6. The summed E-state index contributed by atoms with van der Waals surface area (Å²) in [7, 11) is 1.90. The predicted molar refractivity (Wildman–Crippen MR) is 78.4 cm³/mol. The van der Waals surface area contributed by atoms with Crippen LogP contribution in [-0.4, -0.2) is 29.1 Å². The van der Waals surface area contributed by atoms with Gasteiger partial charge < -0.3 is 0 Å². The van der Waals surface area contributed by atoms with Crippen molar-refractivity contribution in [3.05, 3.63) is 55.5 Å². The molecule has 0 N–H and O–H groups in total. The molecule has 0 spiro atoms. The van der Waals surface area contributed by atoms with Crippen LogP contribution in [0.1, 0.15) is 0 Å². The third-order valence-electron chi connectivity index (χ3n) is 3.37. The highest BCUT2D eigenvalue weighted by molar-refractivity contribution is 5.65. The van der Waals surface area contributed by atoms with Gasteiger partial charge in [-0.2, -0.15) is 5.10 Å². The second-order valence-electron chi connectivity index (χ2n) is 4.78. The van der Waals surface area contributed by atoms with Gasteiger partial charge in [-0.25, -0.2) is 4.98 Å². The quantitative estimate of drug-likeness (QED) is 0.563. The summed E-state index contributed by atoms with van der Waals surface area (Å²) in [4.78, 5) is 12.9. The van der Waals surface area contributed by atoms with Gasteiger partial charge in [0.25, 0.3) is 0 Å². The molecule has 0 radical (unpaired) electrons. The third-order valence-corrected chi connectivity index (χ3v) is 3.37. The van der Waals surface area contributed by atoms with Crippen molar-refractivity contribution in [3.8, 4) is 22.5 Å². The molecular formula is C15H12N6. The molecule has 0 saturated carbocycles. The summed E-state index contributed by atoms with van der Waals surface area (Å²) in [6, 6.07) is 3.88. The molecule has 0 aliphatic rings. The summed E-state index contributed by atoms with van der Waals surface area (Å²) >= 11 is 0. The molecule has 6 nitrogen and oxygen atoms in total. The lowest BCUT2D eigenvalue weighted by Crippen LogP contribution is -1.92. The number of pyridine rings is 1. The molecule has 6 heteroatoms. The van der Waals surface area contributed by atoms with E-state index in [1.165, 1.54) is 0 Å². The first-order valence-electron chi connectivity index (χ1n) is 6.54. The molecule has 0 amide bonds. The van der Waals surface area contributed by atoms with Crippen LogP contribution in [0.5, 0.6) is 0 Å². The van der Waals surface area contributed by atoms with E-state index >= 15 is 0 Å². The van der Waals surface area contributed by atoms with Gasteiger partial charge in [0, 0.05) is 43.0 Å². The monoisotopic (exact) mass is 276 g/mol. The van der Waals surface area contributed by atoms with Gasteiger partial charge in [0.1, 0.15) is 0 Å². The highest BCUT2D eigenvalue weighted by Crippen LogP contribution is 2.22. The average Bonchev–Trinajstić information content (AvgIpc) is 3.13. The predicted octanol–water partition coefficient (Wildman–Crippen LogP) is 2.19. The standard InChI is InChI=1S/C15H12N6/c1-20-9-12(6-19-20)14-7-18-15-8-17-13(10-21(14)15)11-2-4-16-5-3-11/h2-10H,1H3. The Balaban J connectivity index is 1.90. The van der Waals surface area contributed by atoms with Crippen LogP contribution in [0.3, 0.4) is 0 Å². The van der Waals surface area contributed by atoms with E-state index in [0.29, 0.717) is 0 Å². The maximum Gasteiger partial charge on any atom is 0.155 e. The fourth-order valence-corrected chi connectivity index (χ4v) is 2.33. The number of imidazole rings is 1. The van der Waals surface area contributed by atoms with E-state index in [-0.39, 0.29) is 0 Å². The fourth-order valence-electron chi connectivity index (χ4n) is 2.33. The molecule has 0 saturated heterocycles. The SMILES string of the molecule is Cn1cc(-c2cnc3cnc(-c4ccncc4)cn23)cn1. The molecule has 0 bridgehead atoms. The van der Waals surface area contributed by atoms with Crippen LogP contribution in [0.25, 0.3) is 28.2 Å². The number of fused-ring (bicyclic) bond motifs is 1. The maximum absolute atomic E-state index is 4.46. The second-order valence-corrected chi connectivity index (χ2v) is 4.78. The summed E-state index contributed by atoms with van der Waals surface area (Å²) in [5.74, 6) is 0. The number of hydrogen-bond acceptors (Lipinski definition) is 4. The van der Waals surface area contributed by atoms with Crippen molar-refractivity contribution in [3.63, 3.8) is 0 Å². The van der Waals surface area contributed by atoms with E-state index in [1.807, 2.05) is 48.4 Å². The first kappa shape index (κ1) is 11.8. The van der Waals surface area contributed by atoms with Crippen molar-refractivity contribution in [2.24, 2.45) is 7.05 Å². The highest BCUT2D eigenvalue weighted by Gasteiger charge is 2.09. The maximum atomic E-state index is 4.46. The van der Waals surface area contributed by atoms with Crippen LogP contribution >= 0.6 is 0 Å². The van der Waals surface area contributed by atoms with E-state index in [2.05, 4.69) is 20.1 Å². The Bertz CT molecular complexity index is 906. The minimum absolute atomic E-state index is 0.812. The average molecular weight is 276 g/mol. The van der Waals surface area contributed by atoms with Crippen molar-refractivity contribution < 1.29 is 0 Å². The van der Waals surface area contributed by atoms with Crippen molar-refractivity contribution in [1.82, 2.24) is 29.1 Å². The van der Waals surface area contributed by atoms with Crippen LogP contribution in [0.4, 0.5) is 0 Å². The minimum Gasteiger partial charge on any atom is -0.296 e. The summed E-state index contributed by atoms with van der Waals surface area (Å²) in [5, 5.41) is 4.21. The fraction of sp³-hybridized carbons (Fsp3) is 0.0667. The highest BCUT2D eigenvalue weighted by atomic mass is 15.2. The lowest BCUT2D eigenvalue weighted by atomic mass is 10.2. The van der Waals surface area contributed by atoms with E-state index in [4.69, 9.17) is 0 Å². The van der Waals surface area contributed by atoms with Gasteiger partial charge in [-0.05, 0) is 12.1 Å². The normalized spacial score (nSPS) is 11.1. The molecule has 4 rings (SSSR count). The molecule has 4 heterocycles. The smallest absolute Gasteiger partial charge is 0.155 e. The molecule has 21 heavy (non-hydrogen) atoms. The van der Waals surface area contributed by atoms with Crippen molar-refractivity contribution in [2.75, 3.05) is 0 Å². The van der Waals surface area contributed by atoms with E-state index in [1.54, 1.807) is 23.3 Å². The molecule has 0 atom stereocenters. The zero-order valence-electron chi connectivity index (χ0n) is 11.4. The van der Waals surface area contributed by atoms with Gasteiger partial charge in [0.05, 0.1) is 30.0 Å². The minimum atomic E-state index is 0.812. The van der Waals surface area contributed by atoms with Crippen molar-refractivity contribution in [2.45, 2.75) is 0 Å². The Hall–Kier alpha value is -3.02. The van der Waals surface area contributed by atoms with Gasteiger partial charge in [0.15, 0.2) is 5.65 Å². The number of aryl methyl sites for hydroxylation is 1. The van der Waals surface area contributed by atoms with Crippen LogP contribution in [0.2, 0.25) is 0 Å². The van der Waals surface area contributed by atoms with Gasteiger partial charge in [-0.3, -0.25) is 19.1 Å². The van der Waals surface area contributed by atoms with Crippen LogP contribution in [0, 0.1) is 0 Å². The lowest BCUT2D eigenvalue weighted by Gasteiger charge is -2.03. The molecule has 4 aromatic rings. The molecule has 0 aliphatic carbocycles. The zero-order chi connectivity index (χ0) is 14.2. The van der Waals surface area contributed by atoms with Gasteiger partial charge in [0.2, 0.25) is 0 Å². The Morgan fingerprint density at radius 1 is 0.905 bits per heavy atom. The van der Waals surface area contributed by atoms with E-state index < -0.39 is 0 Å². The van der Waals surface area contributed by atoms with Crippen LogP contribution in [0.15, 0.2) is 55.5 Å². The molecule has 0 aromatic carbocycles. The first-order chi connectivity index (χ1) is 10.3. The Morgan fingerprint density at radius 2 is 1.76 bits per heavy atom. The molecule has 102 valence electrons. The van der Waals surface area contributed by atoms with Gasteiger partial charge >= 0.3 is 0 Å². The Morgan fingerprint density at radius 3 is 2.52 bits per heavy atom. The summed E-state index contributed by atoms with van der Waals surface area (Å²) in [5.41, 5.74) is 4.74. The third kappa shape index (κ3) is 1.97. The van der Waals surface area contributed by atoms with E-state index in [9.17, 15) is 0 Å². The second kappa shape index (κ2) is 4.52. The van der Waals surface area contributed by atoms with Crippen LogP contribution < -0.4 is 0 Å². The molecule has 0 aliphatic heterocycles. The topological polar surface area (TPSA) is 60.9 Å². The Labute approximate surface area is 120 Å². The molecule has 0 fully saturated rings. The molecule has 4 aromatic heterocycles. The summed E-state index contributed by atoms with van der Waals surface area (Å²) < 4.78 is 3.81. The van der Waals surface area contributed by atoms with Crippen molar-refractivity contribution >= 4 is 5.65 Å². The summed E-state index contributed by atoms with van der Waals surface area (Å²) in [6.07, 6.45) is 12.9. The Kier molecular flexibility index (Phi) is 2.53. The lowest BCUT2D eigenvalue weighted by molar-refractivity contribution is 0.768. The molecular weight excluding hydrogens is 264 g/mol.